The van der Waals surface area contributed by atoms with Gasteiger partial charge in [-0.2, -0.15) is 4.31 Å². The standard InChI is InChI=1S/C20H26N2O5S2/c1-5-22(6-2)29(26,27)19-9-7-8-17(14-19)20(23)21-15(3)16-10-12-18(13-11-16)28(4,24)25/h7-15H,5-6H2,1-4H3,(H,21,23). The summed E-state index contributed by atoms with van der Waals surface area (Å²) in [4.78, 5) is 12.9. The fourth-order valence-corrected chi connectivity index (χ4v) is 5.01. The molecule has 0 spiro atoms. The lowest BCUT2D eigenvalue weighted by molar-refractivity contribution is 0.0939. The third-order valence-electron chi connectivity index (χ3n) is 4.60. The smallest absolute Gasteiger partial charge is 0.251 e. The molecule has 1 N–H and O–H groups in total. The third-order valence-corrected chi connectivity index (χ3v) is 7.77. The summed E-state index contributed by atoms with van der Waals surface area (Å²) in [7, 11) is -6.95. The van der Waals surface area contributed by atoms with Crippen molar-refractivity contribution >= 4 is 25.8 Å². The maximum absolute atomic E-state index is 12.7. The number of carbonyl (C=O) groups excluding carboxylic acids is 1. The van der Waals surface area contributed by atoms with Gasteiger partial charge in [0.25, 0.3) is 5.91 Å². The number of amides is 1. The topological polar surface area (TPSA) is 101 Å². The minimum absolute atomic E-state index is 0.0685. The number of sulfonamides is 1. The summed E-state index contributed by atoms with van der Waals surface area (Å²) >= 11 is 0. The quantitative estimate of drug-likeness (QED) is 0.683. The van der Waals surface area contributed by atoms with Crippen LogP contribution in [0.15, 0.2) is 58.3 Å². The first-order valence-electron chi connectivity index (χ1n) is 9.21. The number of benzene rings is 2. The Morgan fingerprint density at radius 2 is 1.55 bits per heavy atom. The summed E-state index contributed by atoms with van der Waals surface area (Å²) in [6.45, 7) is 5.97. The second kappa shape index (κ2) is 9.06. The van der Waals surface area contributed by atoms with E-state index in [0.717, 1.165) is 11.8 Å². The van der Waals surface area contributed by atoms with Crippen LogP contribution in [-0.2, 0) is 19.9 Å². The van der Waals surface area contributed by atoms with Gasteiger partial charge in [-0.05, 0) is 42.8 Å². The Hall–Kier alpha value is -2.23. The largest absolute Gasteiger partial charge is 0.346 e. The predicted octanol–water partition coefficient (Wildman–Crippen LogP) is 2.61. The molecule has 0 aliphatic heterocycles. The van der Waals surface area contributed by atoms with Crippen LogP contribution >= 0.6 is 0 Å². The molecule has 2 aromatic carbocycles. The van der Waals surface area contributed by atoms with E-state index >= 15 is 0 Å². The lowest BCUT2D eigenvalue weighted by atomic mass is 10.1. The summed E-state index contributed by atoms with van der Waals surface area (Å²) in [5.74, 6) is -0.415. The molecule has 0 aliphatic carbocycles. The van der Waals surface area contributed by atoms with Gasteiger partial charge in [-0.1, -0.05) is 32.0 Å². The summed E-state index contributed by atoms with van der Waals surface area (Å²) < 4.78 is 49.8. The van der Waals surface area contributed by atoms with Crippen LogP contribution in [0.3, 0.4) is 0 Å². The first kappa shape index (κ1) is 23.1. The van der Waals surface area contributed by atoms with E-state index in [1.807, 2.05) is 0 Å². The van der Waals surface area contributed by atoms with Crippen molar-refractivity contribution < 1.29 is 21.6 Å². The number of hydrogen-bond acceptors (Lipinski definition) is 5. The minimum Gasteiger partial charge on any atom is -0.346 e. The molecule has 0 saturated carbocycles. The zero-order valence-corrected chi connectivity index (χ0v) is 18.5. The van der Waals surface area contributed by atoms with Crippen LogP contribution in [0, 0.1) is 0 Å². The van der Waals surface area contributed by atoms with E-state index in [4.69, 9.17) is 0 Å². The molecule has 1 unspecified atom stereocenters. The zero-order valence-electron chi connectivity index (χ0n) is 16.9. The Balaban J connectivity index is 2.21. The summed E-state index contributed by atoms with van der Waals surface area (Å²) in [6.07, 6.45) is 1.13. The maximum Gasteiger partial charge on any atom is 0.251 e. The van der Waals surface area contributed by atoms with Gasteiger partial charge in [-0.3, -0.25) is 4.79 Å². The molecule has 0 fully saturated rings. The molecule has 9 heteroatoms. The highest BCUT2D eigenvalue weighted by Crippen LogP contribution is 2.19. The number of rotatable bonds is 8. The summed E-state index contributed by atoms with van der Waals surface area (Å²) in [6, 6.07) is 11.8. The summed E-state index contributed by atoms with van der Waals surface area (Å²) in [5, 5.41) is 2.81. The van der Waals surface area contributed by atoms with Gasteiger partial charge in [0.15, 0.2) is 9.84 Å². The van der Waals surface area contributed by atoms with Crippen molar-refractivity contribution in [2.24, 2.45) is 0 Å². The van der Waals surface area contributed by atoms with Crippen LogP contribution in [0.1, 0.15) is 42.7 Å². The Kier molecular flexibility index (Phi) is 7.20. The number of nitrogens with one attached hydrogen (secondary N) is 1. The highest BCUT2D eigenvalue weighted by atomic mass is 32.2. The van der Waals surface area contributed by atoms with Crippen molar-refractivity contribution in [1.29, 1.82) is 0 Å². The van der Waals surface area contributed by atoms with Crippen molar-refractivity contribution in [2.75, 3.05) is 19.3 Å². The number of hydrogen-bond donors (Lipinski definition) is 1. The fraction of sp³-hybridized carbons (Fsp3) is 0.350. The molecule has 2 rings (SSSR count). The van der Waals surface area contributed by atoms with E-state index in [-0.39, 0.29) is 21.4 Å². The van der Waals surface area contributed by atoms with Crippen molar-refractivity contribution in [2.45, 2.75) is 36.6 Å². The zero-order chi connectivity index (χ0) is 21.8. The average molecular weight is 439 g/mol. The van der Waals surface area contributed by atoms with Gasteiger partial charge in [0.05, 0.1) is 15.8 Å². The fourth-order valence-electron chi connectivity index (χ4n) is 2.88. The normalized spacial score (nSPS) is 13.3. The molecule has 1 atom stereocenters. The van der Waals surface area contributed by atoms with E-state index in [2.05, 4.69) is 5.32 Å². The van der Waals surface area contributed by atoms with Gasteiger partial charge in [0.1, 0.15) is 0 Å². The van der Waals surface area contributed by atoms with E-state index in [9.17, 15) is 21.6 Å². The molecule has 7 nitrogen and oxygen atoms in total. The molecule has 29 heavy (non-hydrogen) atoms. The first-order chi connectivity index (χ1) is 13.5. The SMILES string of the molecule is CCN(CC)S(=O)(=O)c1cccc(C(=O)NC(C)c2ccc(S(C)(=O)=O)cc2)c1. The second-order valence-electron chi connectivity index (χ2n) is 6.65. The number of sulfone groups is 1. The van der Waals surface area contributed by atoms with E-state index < -0.39 is 25.8 Å². The molecule has 158 valence electrons. The first-order valence-corrected chi connectivity index (χ1v) is 12.5. The molecule has 0 saturated heterocycles. The minimum atomic E-state index is -3.66. The Morgan fingerprint density at radius 1 is 0.966 bits per heavy atom. The third kappa shape index (κ3) is 5.43. The maximum atomic E-state index is 12.7. The van der Waals surface area contributed by atoms with Gasteiger partial charge in [0.2, 0.25) is 10.0 Å². The lowest BCUT2D eigenvalue weighted by Crippen LogP contribution is -2.31. The average Bonchev–Trinajstić information content (AvgIpc) is 2.68. The monoisotopic (exact) mass is 438 g/mol. The van der Waals surface area contributed by atoms with Crippen LogP contribution < -0.4 is 5.32 Å². The molecule has 0 radical (unpaired) electrons. The molecule has 0 aromatic heterocycles. The predicted molar refractivity (Wildman–Crippen MR) is 112 cm³/mol. The van der Waals surface area contributed by atoms with Crippen LogP contribution in [0.4, 0.5) is 0 Å². The number of carbonyl (C=O) groups is 1. The van der Waals surface area contributed by atoms with Crippen molar-refractivity contribution in [1.82, 2.24) is 9.62 Å². The molecule has 1 amide bonds. The highest BCUT2D eigenvalue weighted by molar-refractivity contribution is 7.90. The van der Waals surface area contributed by atoms with Gasteiger partial charge in [-0.25, -0.2) is 16.8 Å². The Labute approximate surface area is 172 Å². The van der Waals surface area contributed by atoms with Crippen LogP contribution in [0.5, 0.6) is 0 Å². The van der Waals surface area contributed by atoms with E-state index in [0.29, 0.717) is 13.1 Å². The Bertz CT molecular complexity index is 1070. The van der Waals surface area contributed by atoms with E-state index in [1.54, 1.807) is 39.0 Å². The molecule has 0 heterocycles. The van der Waals surface area contributed by atoms with Gasteiger partial charge in [-0.15, -0.1) is 0 Å². The van der Waals surface area contributed by atoms with Gasteiger partial charge in [0, 0.05) is 24.9 Å². The second-order valence-corrected chi connectivity index (χ2v) is 10.6. The van der Waals surface area contributed by atoms with Crippen molar-refractivity contribution in [3.63, 3.8) is 0 Å². The lowest BCUT2D eigenvalue weighted by Gasteiger charge is -2.19. The van der Waals surface area contributed by atoms with Crippen molar-refractivity contribution in [3.05, 3.63) is 59.7 Å². The van der Waals surface area contributed by atoms with Crippen molar-refractivity contribution in [3.8, 4) is 0 Å². The van der Waals surface area contributed by atoms with Crippen LogP contribution in [0.2, 0.25) is 0 Å². The number of nitrogens with zero attached hydrogens (tertiary/aromatic N) is 1. The molecular weight excluding hydrogens is 412 g/mol. The summed E-state index contributed by atoms with van der Waals surface area (Å²) in [5.41, 5.74) is 0.968. The molecule has 0 aliphatic rings. The van der Waals surface area contributed by atoms with Gasteiger partial charge >= 0.3 is 0 Å². The van der Waals surface area contributed by atoms with Crippen LogP contribution in [0.25, 0.3) is 0 Å². The highest BCUT2D eigenvalue weighted by Gasteiger charge is 2.23. The molecule has 2 aromatic rings. The van der Waals surface area contributed by atoms with Gasteiger partial charge < -0.3 is 5.32 Å². The van der Waals surface area contributed by atoms with E-state index in [1.165, 1.54) is 34.6 Å². The molecular formula is C20H26N2O5S2. The van der Waals surface area contributed by atoms with Crippen LogP contribution in [-0.4, -0.2) is 46.4 Å². The Morgan fingerprint density at radius 3 is 2.07 bits per heavy atom. The molecule has 0 bridgehead atoms.